The standard InChI is InChI=1S/C12H11Cl3N2/c1-3-16-12-6(2)4-7-10(15)8(13)5-9(14)11(7)17-12/h4-5H,3H2,1-2H3,(H,16,17). The molecule has 0 fully saturated rings. The van der Waals surface area contributed by atoms with Crippen LogP contribution in [-0.4, -0.2) is 11.5 Å². The number of aryl methyl sites for hydroxylation is 1. The number of nitrogens with zero attached hydrogens (tertiary/aromatic N) is 1. The summed E-state index contributed by atoms with van der Waals surface area (Å²) in [6.45, 7) is 4.79. The van der Waals surface area contributed by atoms with Crippen LogP contribution < -0.4 is 5.32 Å². The predicted octanol–water partition coefficient (Wildman–Crippen LogP) is 4.94. The van der Waals surface area contributed by atoms with E-state index in [9.17, 15) is 0 Å². The fourth-order valence-corrected chi connectivity index (χ4v) is 2.40. The molecule has 0 radical (unpaired) electrons. The summed E-state index contributed by atoms with van der Waals surface area (Å²) in [5.74, 6) is 0.820. The lowest BCUT2D eigenvalue weighted by Crippen LogP contribution is -2.02. The maximum Gasteiger partial charge on any atom is 0.129 e. The van der Waals surface area contributed by atoms with Gasteiger partial charge in [-0.05, 0) is 31.5 Å². The third-order valence-electron chi connectivity index (χ3n) is 2.48. The molecular weight excluding hydrogens is 279 g/mol. The van der Waals surface area contributed by atoms with Crippen molar-refractivity contribution in [3.8, 4) is 0 Å². The van der Waals surface area contributed by atoms with Crippen LogP contribution in [0.25, 0.3) is 10.9 Å². The monoisotopic (exact) mass is 288 g/mol. The van der Waals surface area contributed by atoms with Gasteiger partial charge in [-0.15, -0.1) is 0 Å². The Morgan fingerprint density at radius 2 is 1.88 bits per heavy atom. The van der Waals surface area contributed by atoms with E-state index in [4.69, 9.17) is 34.8 Å². The van der Waals surface area contributed by atoms with Crippen molar-refractivity contribution in [3.05, 3.63) is 32.8 Å². The Kier molecular flexibility index (Phi) is 3.67. The van der Waals surface area contributed by atoms with Gasteiger partial charge in [0.1, 0.15) is 5.82 Å². The number of hydrogen-bond donors (Lipinski definition) is 1. The highest BCUT2D eigenvalue weighted by molar-refractivity contribution is 6.47. The van der Waals surface area contributed by atoms with Crippen LogP contribution in [0, 0.1) is 6.92 Å². The van der Waals surface area contributed by atoms with Gasteiger partial charge in [0.05, 0.1) is 20.6 Å². The minimum Gasteiger partial charge on any atom is -0.370 e. The van der Waals surface area contributed by atoms with Gasteiger partial charge in [-0.25, -0.2) is 4.98 Å². The van der Waals surface area contributed by atoms with Crippen LogP contribution in [0.5, 0.6) is 0 Å². The number of rotatable bonds is 2. The highest BCUT2D eigenvalue weighted by Gasteiger charge is 2.12. The molecule has 2 aromatic rings. The molecule has 1 heterocycles. The van der Waals surface area contributed by atoms with Gasteiger partial charge >= 0.3 is 0 Å². The SMILES string of the molecule is CCNc1nc2c(Cl)cc(Cl)c(Cl)c2cc1C. The van der Waals surface area contributed by atoms with E-state index in [0.717, 1.165) is 23.3 Å². The molecule has 0 saturated carbocycles. The summed E-state index contributed by atoms with van der Waals surface area (Å²) in [5, 5.41) is 5.41. The molecule has 1 N–H and O–H groups in total. The van der Waals surface area contributed by atoms with Crippen molar-refractivity contribution in [2.75, 3.05) is 11.9 Å². The first-order valence-corrected chi connectivity index (χ1v) is 6.36. The summed E-state index contributed by atoms with van der Waals surface area (Å²) in [6, 6.07) is 3.56. The van der Waals surface area contributed by atoms with Crippen molar-refractivity contribution in [1.82, 2.24) is 4.98 Å². The molecule has 0 spiro atoms. The van der Waals surface area contributed by atoms with E-state index in [-0.39, 0.29) is 0 Å². The third-order valence-corrected chi connectivity index (χ3v) is 3.57. The van der Waals surface area contributed by atoms with Crippen LogP contribution >= 0.6 is 34.8 Å². The van der Waals surface area contributed by atoms with E-state index in [1.165, 1.54) is 0 Å². The van der Waals surface area contributed by atoms with E-state index < -0.39 is 0 Å². The number of aromatic nitrogens is 1. The minimum atomic E-state index is 0.446. The lowest BCUT2D eigenvalue weighted by molar-refractivity contribution is 1.16. The number of pyridine rings is 1. The van der Waals surface area contributed by atoms with Crippen LogP contribution in [0.1, 0.15) is 12.5 Å². The van der Waals surface area contributed by atoms with Gasteiger partial charge in [-0.3, -0.25) is 0 Å². The average Bonchev–Trinajstić information content (AvgIpc) is 2.28. The van der Waals surface area contributed by atoms with Gasteiger partial charge in [-0.1, -0.05) is 34.8 Å². The van der Waals surface area contributed by atoms with Gasteiger partial charge in [0.25, 0.3) is 0 Å². The molecule has 5 heteroatoms. The Hall–Kier alpha value is -0.700. The Bertz CT molecular complexity index is 582. The molecule has 17 heavy (non-hydrogen) atoms. The van der Waals surface area contributed by atoms with Crippen molar-refractivity contribution in [1.29, 1.82) is 0 Å². The molecule has 0 atom stereocenters. The molecule has 90 valence electrons. The minimum absolute atomic E-state index is 0.446. The van der Waals surface area contributed by atoms with Crippen LogP contribution in [0.4, 0.5) is 5.82 Å². The Balaban J connectivity index is 2.78. The van der Waals surface area contributed by atoms with Crippen LogP contribution in [0.2, 0.25) is 15.1 Å². The number of halogens is 3. The summed E-state index contributed by atoms with van der Waals surface area (Å²) in [4.78, 5) is 4.48. The number of nitrogens with one attached hydrogen (secondary N) is 1. The molecule has 0 aliphatic rings. The largest absolute Gasteiger partial charge is 0.370 e. The zero-order valence-corrected chi connectivity index (χ0v) is 11.7. The molecule has 0 aliphatic carbocycles. The number of fused-ring (bicyclic) bond motifs is 1. The van der Waals surface area contributed by atoms with E-state index in [1.807, 2.05) is 19.9 Å². The first-order chi connectivity index (χ1) is 8.04. The van der Waals surface area contributed by atoms with E-state index >= 15 is 0 Å². The molecular formula is C12H11Cl3N2. The summed E-state index contributed by atoms with van der Waals surface area (Å²) in [5.41, 5.74) is 1.68. The molecule has 0 amide bonds. The lowest BCUT2D eigenvalue weighted by Gasteiger charge is -2.11. The number of anilines is 1. The molecule has 0 unspecified atom stereocenters. The number of benzene rings is 1. The maximum absolute atomic E-state index is 6.15. The smallest absolute Gasteiger partial charge is 0.129 e. The summed E-state index contributed by atoms with van der Waals surface area (Å²) >= 11 is 18.3. The molecule has 2 nitrogen and oxygen atoms in total. The van der Waals surface area contributed by atoms with Crippen molar-refractivity contribution in [2.45, 2.75) is 13.8 Å². The summed E-state index contributed by atoms with van der Waals surface area (Å²) in [7, 11) is 0. The molecule has 1 aromatic heterocycles. The second-order valence-corrected chi connectivity index (χ2v) is 4.93. The molecule has 0 bridgehead atoms. The average molecular weight is 290 g/mol. The van der Waals surface area contributed by atoms with E-state index in [0.29, 0.717) is 20.6 Å². The van der Waals surface area contributed by atoms with Crippen molar-refractivity contribution in [2.24, 2.45) is 0 Å². The van der Waals surface area contributed by atoms with Gasteiger partial charge in [0.2, 0.25) is 0 Å². The molecule has 0 saturated heterocycles. The first-order valence-electron chi connectivity index (χ1n) is 5.23. The highest BCUT2D eigenvalue weighted by atomic mass is 35.5. The summed E-state index contributed by atoms with van der Waals surface area (Å²) < 4.78 is 0. The van der Waals surface area contributed by atoms with Gasteiger partial charge in [0, 0.05) is 11.9 Å². The van der Waals surface area contributed by atoms with E-state index in [2.05, 4.69) is 10.3 Å². The maximum atomic E-state index is 6.15. The van der Waals surface area contributed by atoms with Crippen LogP contribution in [-0.2, 0) is 0 Å². The molecule has 0 aliphatic heterocycles. The normalized spacial score (nSPS) is 10.9. The van der Waals surface area contributed by atoms with Gasteiger partial charge in [0.15, 0.2) is 0 Å². The Labute approximate surface area is 115 Å². The fraction of sp³-hybridized carbons (Fsp3) is 0.250. The predicted molar refractivity (Wildman–Crippen MR) is 75.7 cm³/mol. The van der Waals surface area contributed by atoms with Gasteiger partial charge in [-0.2, -0.15) is 0 Å². The Morgan fingerprint density at radius 1 is 1.18 bits per heavy atom. The Morgan fingerprint density at radius 3 is 2.53 bits per heavy atom. The second kappa shape index (κ2) is 4.89. The quantitative estimate of drug-likeness (QED) is 0.792. The first kappa shape index (κ1) is 12.7. The summed E-state index contributed by atoms with van der Waals surface area (Å²) in [6.07, 6.45) is 0. The lowest BCUT2D eigenvalue weighted by atomic mass is 10.1. The zero-order chi connectivity index (χ0) is 12.6. The molecule has 2 rings (SSSR count). The van der Waals surface area contributed by atoms with Crippen molar-refractivity contribution >= 4 is 51.5 Å². The fourth-order valence-electron chi connectivity index (χ4n) is 1.68. The van der Waals surface area contributed by atoms with Crippen molar-refractivity contribution in [3.63, 3.8) is 0 Å². The third kappa shape index (κ3) is 2.30. The van der Waals surface area contributed by atoms with Gasteiger partial charge < -0.3 is 5.32 Å². The van der Waals surface area contributed by atoms with Crippen LogP contribution in [0.15, 0.2) is 12.1 Å². The zero-order valence-electron chi connectivity index (χ0n) is 9.44. The van der Waals surface area contributed by atoms with E-state index in [1.54, 1.807) is 6.07 Å². The second-order valence-electron chi connectivity index (χ2n) is 3.73. The van der Waals surface area contributed by atoms with Crippen molar-refractivity contribution < 1.29 is 0 Å². The topological polar surface area (TPSA) is 24.9 Å². The molecule has 1 aromatic carbocycles. The van der Waals surface area contributed by atoms with Crippen LogP contribution in [0.3, 0.4) is 0 Å². The highest BCUT2D eigenvalue weighted by Crippen LogP contribution is 2.36. The number of hydrogen-bond acceptors (Lipinski definition) is 2.